The summed E-state index contributed by atoms with van der Waals surface area (Å²) in [7, 11) is -3.15. The predicted octanol–water partition coefficient (Wildman–Crippen LogP) is 3.93. The van der Waals surface area contributed by atoms with Crippen molar-refractivity contribution in [1.82, 2.24) is 10.2 Å². The summed E-state index contributed by atoms with van der Waals surface area (Å²) in [6, 6.07) is 7.06. The number of benzene rings is 1. The molecule has 1 aliphatic carbocycles. The third kappa shape index (κ3) is 6.26. The molecule has 1 saturated heterocycles. The molecule has 5 nitrogen and oxygen atoms in total. The highest BCUT2D eigenvalue weighted by Gasteiger charge is 2.38. The molecule has 0 bridgehead atoms. The van der Waals surface area contributed by atoms with E-state index in [4.69, 9.17) is 4.99 Å². The van der Waals surface area contributed by atoms with Crippen molar-refractivity contribution in [2.45, 2.75) is 55.2 Å². The number of nitrogens with one attached hydrogen (secondary N) is 1. The van der Waals surface area contributed by atoms with Gasteiger partial charge in [-0.3, -0.25) is 0 Å². The molecular weight excluding hydrogens is 505 g/mol. The summed E-state index contributed by atoms with van der Waals surface area (Å²) in [4.78, 5) is 7.63. The fraction of sp³-hybridized carbons (Fsp3) is 0.650. The second-order valence-electron chi connectivity index (χ2n) is 7.60. The van der Waals surface area contributed by atoms with Crippen molar-refractivity contribution in [3.05, 3.63) is 29.8 Å². The SMILES string of the molecule is CCNC(=NCc1ccc(S(C)(=O)=O)cc1)N1CCSC2(CCCCC2)C1.I. The zero-order valence-corrected chi connectivity index (χ0v) is 20.8. The van der Waals surface area contributed by atoms with Crippen LogP contribution in [0.1, 0.15) is 44.6 Å². The van der Waals surface area contributed by atoms with E-state index in [1.807, 2.05) is 12.1 Å². The first-order chi connectivity index (χ1) is 12.9. The molecule has 1 N–H and O–H groups in total. The Bertz CT molecular complexity index is 755. The van der Waals surface area contributed by atoms with Crippen molar-refractivity contribution >= 4 is 51.5 Å². The fourth-order valence-corrected chi connectivity index (χ4v) is 6.16. The van der Waals surface area contributed by atoms with Crippen molar-refractivity contribution in [1.29, 1.82) is 0 Å². The number of sulfone groups is 1. The van der Waals surface area contributed by atoms with Gasteiger partial charge < -0.3 is 10.2 Å². The normalized spacial score (nSPS) is 19.9. The van der Waals surface area contributed by atoms with Gasteiger partial charge in [0.15, 0.2) is 15.8 Å². The van der Waals surface area contributed by atoms with Gasteiger partial charge in [-0.15, -0.1) is 24.0 Å². The molecule has 158 valence electrons. The van der Waals surface area contributed by atoms with E-state index in [1.165, 1.54) is 38.4 Å². The van der Waals surface area contributed by atoms with Crippen LogP contribution in [0.25, 0.3) is 0 Å². The summed E-state index contributed by atoms with van der Waals surface area (Å²) >= 11 is 2.16. The first kappa shape index (κ1) is 23.8. The van der Waals surface area contributed by atoms with Crippen molar-refractivity contribution in [2.75, 3.05) is 31.6 Å². The van der Waals surface area contributed by atoms with Crippen LogP contribution < -0.4 is 5.32 Å². The van der Waals surface area contributed by atoms with Crippen LogP contribution in [0.2, 0.25) is 0 Å². The Hall–Kier alpha value is -0.480. The number of guanidine groups is 1. The first-order valence-electron chi connectivity index (χ1n) is 9.88. The van der Waals surface area contributed by atoms with E-state index in [1.54, 1.807) is 12.1 Å². The molecule has 3 rings (SSSR count). The minimum Gasteiger partial charge on any atom is -0.357 e. The van der Waals surface area contributed by atoms with Gasteiger partial charge in [0.25, 0.3) is 0 Å². The summed E-state index contributed by atoms with van der Waals surface area (Å²) in [5.74, 6) is 2.14. The van der Waals surface area contributed by atoms with Crippen LogP contribution in [-0.4, -0.2) is 55.7 Å². The van der Waals surface area contributed by atoms with Crippen LogP contribution in [0.5, 0.6) is 0 Å². The summed E-state index contributed by atoms with van der Waals surface area (Å²) < 4.78 is 23.6. The van der Waals surface area contributed by atoms with Gasteiger partial charge in [0.05, 0.1) is 11.4 Å². The van der Waals surface area contributed by atoms with E-state index in [0.29, 0.717) is 16.2 Å². The van der Waals surface area contributed by atoms with Crippen molar-refractivity contribution in [2.24, 2.45) is 4.99 Å². The molecule has 1 aliphatic heterocycles. The number of rotatable bonds is 4. The monoisotopic (exact) mass is 537 g/mol. The molecular formula is C20H32IN3O2S2. The lowest BCUT2D eigenvalue weighted by molar-refractivity contribution is 0.293. The molecule has 0 unspecified atom stereocenters. The second-order valence-corrected chi connectivity index (χ2v) is 11.2. The highest BCUT2D eigenvalue weighted by atomic mass is 127. The molecule has 28 heavy (non-hydrogen) atoms. The zero-order chi connectivity index (χ0) is 19.3. The minimum atomic E-state index is -3.15. The van der Waals surface area contributed by atoms with Gasteiger partial charge in [-0.1, -0.05) is 31.4 Å². The maximum Gasteiger partial charge on any atom is 0.194 e. The average molecular weight is 538 g/mol. The lowest BCUT2D eigenvalue weighted by Gasteiger charge is -2.45. The molecule has 1 aromatic carbocycles. The first-order valence-corrected chi connectivity index (χ1v) is 12.8. The zero-order valence-electron chi connectivity index (χ0n) is 16.8. The maximum absolute atomic E-state index is 11.6. The Morgan fingerprint density at radius 3 is 2.50 bits per heavy atom. The fourth-order valence-electron chi connectivity index (χ4n) is 3.96. The van der Waals surface area contributed by atoms with Gasteiger partial charge >= 0.3 is 0 Å². The van der Waals surface area contributed by atoms with Crippen LogP contribution in [0.4, 0.5) is 0 Å². The lowest BCUT2D eigenvalue weighted by atomic mass is 9.87. The lowest BCUT2D eigenvalue weighted by Crippen LogP contribution is -2.53. The predicted molar refractivity (Wildman–Crippen MR) is 130 cm³/mol. The molecule has 0 radical (unpaired) electrons. The number of hydrogen-bond donors (Lipinski definition) is 1. The third-order valence-electron chi connectivity index (χ3n) is 5.41. The van der Waals surface area contributed by atoms with Crippen molar-refractivity contribution in [3.63, 3.8) is 0 Å². The van der Waals surface area contributed by atoms with Crippen LogP contribution in [0.3, 0.4) is 0 Å². The van der Waals surface area contributed by atoms with Gasteiger partial charge in [0, 0.05) is 36.4 Å². The quantitative estimate of drug-likeness (QED) is 0.359. The second kappa shape index (κ2) is 10.5. The van der Waals surface area contributed by atoms with Gasteiger partial charge in [-0.2, -0.15) is 11.8 Å². The Balaban J connectivity index is 0.00000280. The average Bonchev–Trinajstić information content (AvgIpc) is 2.65. The topological polar surface area (TPSA) is 61.8 Å². The number of halogens is 1. The van der Waals surface area contributed by atoms with Crippen LogP contribution in [-0.2, 0) is 16.4 Å². The molecule has 1 spiro atoms. The summed E-state index contributed by atoms with van der Waals surface area (Å²) in [6.45, 7) is 5.62. The highest BCUT2D eigenvalue weighted by molar-refractivity contribution is 14.0. The molecule has 2 fully saturated rings. The number of nitrogens with zero attached hydrogens (tertiary/aromatic N) is 2. The molecule has 1 saturated carbocycles. The summed E-state index contributed by atoms with van der Waals surface area (Å²) in [5, 5.41) is 3.45. The smallest absolute Gasteiger partial charge is 0.194 e. The van der Waals surface area contributed by atoms with E-state index in [2.05, 4.69) is 28.9 Å². The Morgan fingerprint density at radius 2 is 1.89 bits per heavy atom. The van der Waals surface area contributed by atoms with Crippen molar-refractivity contribution < 1.29 is 8.42 Å². The molecule has 1 heterocycles. The van der Waals surface area contributed by atoms with E-state index in [0.717, 1.165) is 36.9 Å². The largest absolute Gasteiger partial charge is 0.357 e. The van der Waals surface area contributed by atoms with Crippen LogP contribution in [0, 0.1) is 0 Å². The minimum absolute atomic E-state index is 0. The number of thioether (sulfide) groups is 1. The molecule has 0 atom stereocenters. The molecule has 0 amide bonds. The van der Waals surface area contributed by atoms with Crippen LogP contribution in [0.15, 0.2) is 34.2 Å². The number of hydrogen-bond acceptors (Lipinski definition) is 4. The van der Waals surface area contributed by atoms with E-state index < -0.39 is 9.84 Å². The summed E-state index contributed by atoms with van der Waals surface area (Å²) in [6.07, 6.45) is 7.95. The molecule has 0 aromatic heterocycles. The summed E-state index contributed by atoms with van der Waals surface area (Å²) in [5.41, 5.74) is 1.02. The molecule has 8 heteroatoms. The third-order valence-corrected chi connectivity index (χ3v) is 8.08. The maximum atomic E-state index is 11.6. The number of aliphatic imine (C=N–C) groups is 1. The van der Waals surface area contributed by atoms with E-state index in [9.17, 15) is 8.42 Å². The van der Waals surface area contributed by atoms with E-state index in [-0.39, 0.29) is 24.0 Å². The van der Waals surface area contributed by atoms with E-state index >= 15 is 0 Å². The Labute approximate surface area is 191 Å². The Morgan fingerprint density at radius 1 is 1.21 bits per heavy atom. The molecule has 2 aliphatic rings. The standard InChI is InChI=1S/C20H31N3O2S2.HI/c1-3-21-19(22-15-17-7-9-18(10-8-17)27(2,24)25)23-13-14-26-20(16-23)11-5-4-6-12-20;/h7-10H,3-6,11-16H2,1-2H3,(H,21,22);1H. The van der Waals surface area contributed by atoms with Gasteiger partial charge in [-0.25, -0.2) is 13.4 Å². The highest BCUT2D eigenvalue weighted by Crippen LogP contribution is 2.42. The van der Waals surface area contributed by atoms with Gasteiger partial charge in [0.1, 0.15) is 0 Å². The van der Waals surface area contributed by atoms with Crippen LogP contribution >= 0.6 is 35.7 Å². The van der Waals surface area contributed by atoms with Crippen molar-refractivity contribution in [3.8, 4) is 0 Å². The van der Waals surface area contributed by atoms with Gasteiger partial charge in [0.2, 0.25) is 0 Å². The Kier molecular flexibility index (Phi) is 8.94. The molecule has 1 aromatic rings. The van der Waals surface area contributed by atoms with Gasteiger partial charge in [-0.05, 0) is 37.5 Å².